The molecule has 2 aliphatic rings. The summed E-state index contributed by atoms with van der Waals surface area (Å²) in [6, 6.07) is 1.98. The molecule has 0 bridgehead atoms. The lowest BCUT2D eigenvalue weighted by Gasteiger charge is -2.27. The van der Waals surface area contributed by atoms with E-state index < -0.39 is 0 Å². The molecule has 2 fully saturated rings. The summed E-state index contributed by atoms with van der Waals surface area (Å²) in [7, 11) is 0. The Morgan fingerprint density at radius 1 is 1.37 bits per heavy atom. The van der Waals surface area contributed by atoms with Crippen LogP contribution in [0.1, 0.15) is 32.2 Å². The second-order valence-corrected chi connectivity index (χ2v) is 6.00. The van der Waals surface area contributed by atoms with Crippen molar-refractivity contribution < 1.29 is 4.79 Å². The molecular formula is C14H22N4O. The highest BCUT2D eigenvalue weighted by molar-refractivity contribution is 5.80. The van der Waals surface area contributed by atoms with E-state index in [4.69, 9.17) is 5.73 Å². The lowest BCUT2D eigenvalue weighted by atomic mass is 9.79. The summed E-state index contributed by atoms with van der Waals surface area (Å²) >= 11 is 0. The third-order valence-corrected chi connectivity index (χ3v) is 4.68. The smallest absolute Gasteiger partial charge is 0.247 e. The second-order valence-electron chi connectivity index (χ2n) is 6.00. The molecule has 1 aromatic rings. The van der Waals surface area contributed by atoms with Gasteiger partial charge in [-0.2, -0.15) is 5.10 Å². The van der Waals surface area contributed by atoms with Crippen LogP contribution in [-0.4, -0.2) is 39.7 Å². The van der Waals surface area contributed by atoms with Crippen molar-refractivity contribution >= 4 is 5.91 Å². The van der Waals surface area contributed by atoms with Gasteiger partial charge in [-0.25, -0.2) is 0 Å². The van der Waals surface area contributed by atoms with E-state index in [9.17, 15) is 4.79 Å². The Morgan fingerprint density at radius 3 is 2.89 bits per heavy atom. The molecule has 0 aromatic carbocycles. The minimum atomic E-state index is -0.205. The van der Waals surface area contributed by atoms with Gasteiger partial charge in [0.05, 0.1) is 0 Å². The van der Waals surface area contributed by atoms with Gasteiger partial charge in [0.2, 0.25) is 5.91 Å². The van der Waals surface area contributed by atoms with E-state index in [2.05, 4.69) is 5.10 Å². The van der Waals surface area contributed by atoms with Crippen LogP contribution in [0.4, 0.5) is 0 Å². The normalized spacial score (nSPS) is 32.1. The van der Waals surface area contributed by atoms with Crippen LogP contribution in [0.5, 0.6) is 0 Å². The van der Waals surface area contributed by atoms with Crippen LogP contribution in [0.25, 0.3) is 0 Å². The predicted octanol–water partition coefficient (Wildman–Crippen LogP) is 1.03. The third kappa shape index (κ3) is 2.39. The Bertz CT molecular complexity index is 444. The molecule has 19 heavy (non-hydrogen) atoms. The van der Waals surface area contributed by atoms with E-state index in [1.807, 2.05) is 24.1 Å². The van der Waals surface area contributed by atoms with Crippen LogP contribution in [0.3, 0.4) is 0 Å². The van der Waals surface area contributed by atoms with Crippen LogP contribution < -0.4 is 5.73 Å². The highest BCUT2D eigenvalue weighted by atomic mass is 16.2. The van der Waals surface area contributed by atoms with Gasteiger partial charge in [0, 0.05) is 31.5 Å². The summed E-state index contributed by atoms with van der Waals surface area (Å²) in [6.07, 6.45) is 6.92. The number of hydrogen-bond acceptors (Lipinski definition) is 3. The van der Waals surface area contributed by atoms with Gasteiger partial charge in [0.15, 0.2) is 0 Å². The molecule has 2 unspecified atom stereocenters. The molecule has 3 rings (SSSR count). The zero-order chi connectivity index (χ0) is 13.4. The highest BCUT2D eigenvalue weighted by Gasteiger charge is 2.39. The van der Waals surface area contributed by atoms with Gasteiger partial charge < -0.3 is 10.6 Å². The number of nitrogens with zero attached hydrogens (tertiary/aromatic N) is 3. The van der Waals surface area contributed by atoms with Crippen molar-refractivity contribution in [2.75, 3.05) is 13.1 Å². The second kappa shape index (κ2) is 4.96. The first kappa shape index (κ1) is 12.7. The Labute approximate surface area is 113 Å². The number of nitrogens with two attached hydrogens (primary N) is 1. The SMILES string of the molecule is CC(C(=O)N1C[C@H]2CCC(N)C[C@H]2C1)n1cccn1. The predicted molar refractivity (Wildman–Crippen MR) is 72.3 cm³/mol. The van der Waals surface area contributed by atoms with E-state index >= 15 is 0 Å². The lowest BCUT2D eigenvalue weighted by molar-refractivity contribution is -0.133. The molecule has 5 heteroatoms. The van der Waals surface area contributed by atoms with Gasteiger partial charge in [-0.1, -0.05) is 0 Å². The van der Waals surface area contributed by atoms with Crippen molar-refractivity contribution in [2.45, 2.75) is 38.3 Å². The van der Waals surface area contributed by atoms with Crippen molar-refractivity contribution in [3.05, 3.63) is 18.5 Å². The van der Waals surface area contributed by atoms with Crippen molar-refractivity contribution in [1.29, 1.82) is 0 Å². The van der Waals surface area contributed by atoms with Crippen LogP contribution in [0, 0.1) is 11.8 Å². The number of carbonyl (C=O) groups excluding carboxylic acids is 1. The average molecular weight is 262 g/mol. The fraction of sp³-hybridized carbons (Fsp3) is 0.714. The van der Waals surface area contributed by atoms with E-state index in [1.165, 1.54) is 6.42 Å². The summed E-state index contributed by atoms with van der Waals surface area (Å²) in [6.45, 7) is 3.70. The zero-order valence-electron chi connectivity index (χ0n) is 11.4. The molecule has 0 radical (unpaired) electrons. The highest BCUT2D eigenvalue weighted by Crippen LogP contribution is 2.36. The molecule has 2 heterocycles. The molecule has 0 spiro atoms. The Morgan fingerprint density at radius 2 is 2.16 bits per heavy atom. The first-order valence-corrected chi connectivity index (χ1v) is 7.18. The summed E-state index contributed by atoms with van der Waals surface area (Å²) in [5.74, 6) is 1.46. The van der Waals surface area contributed by atoms with Gasteiger partial charge in [-0.3, -0.25) is 9.48 Å². The number of rotatable bonds is 2. The topological polar surface area (TPSA) is 64.2 Å². The minimum absolute atomic E-state index is 0.187. The summed E-state index contributed by atoms with van der Waals surface area (Å²) in [4.78, 5) is 14.5. The number of hydrogen-bond donors (Lipinski definition) is 1. The molecule has 1 amide bonds. The Balaban J connectivity index is 1.66. The van der Waals surface area contributed by atoms with Gasteiger partial charge in [-0.15, -0.1) is 0 Å². The Hall–Kier alpha value is -1.36. The third-order valence-electron chi connectivity index (χ3n) is 4.68. The number of aromatic nitrogens is 2. The van der Waals surface area contributed by atoms with E-state index in [1.54, 1.807) is 10.9 Å². The van der Waals surface area contributed by atoms with Crippen LogP contribution in [-0.2, 0) is 4.79 Å². The molecule has 2 N–H and O–H groups in total. The van der Waals surface area contributed by atoms with Crippen molar-refractivity contribution in [3.8, 4) is 0 Å². The van der Waals surface area contributed by atoms with Crippen LogP contribution >= 0.6 is 0 Å². The zero-order valence-corrected chi connectivity index (χ0v) is 11.4. The molecule has 1 saturated carbocycles. The largest absolute Gasteiger partial charge is 0.340 e. The molecule has 1 aliphatic heterocycles. The van der Waals surface area contributed by atoms with Gasteiger partial charge >= 0.3 is 0 Å². The molecule has 5 nitrogen and oxygen atoms in total. The first-order valence-electron chi connectivity index (χ1n) is 7.18. The van der Waals surface area contributed by atoms with Gasteiger partial charge in [-0.05, 0) is 44.1 Å². The van der Waals surface area contributed by atoms with E-state index in [-0.39, 0.29) is 11.9 Å². The molecule has 1 aliphatic carbocycles. The molecule has 4 atom stereocenters. The Kier molecular flexibility index (Phi) is 3.31. The average Bonchev–Trinajstić information content (AvgIpc) is 3.05. The fourth-order valence-corrected chi connectivity index (χ4v) is 3.53. The maximum Gasteiger partial charge on any atom is 0.247 e. The lowest BCUT2D eigenvalue weighted by Crippen LogP contribution is -2.35. The van der Waals surface area contributed by atoms with Gasteiger partial charge in [0.1, 0.15) is 6.04 Å². The van der Waals surface area contributed by atoms with Crippen LogP contribution in [0.15, 0.2) is 18.5 Å². The maximum atomic E-state index is 12.5. The minimum Gasteiger partial charge on any atom is -0.340 e. The molecular weight excluding hydrogens is 240 g/mol. The van der Waals surface area contributed by atoms with Crippen LogP contribution in [0.2, 0.25) is 0 Å². The van der Waals surface area contributed by atoms with Crippen molar-refractivity contribution in [3.63, 3.8) is 0 Å². The number of fused-ring (bicyclic) bond motifs is 1. The molecule has 1 saturated heterocycles. The molecule has 1 aromatic heterocycles. The van der Waals surface area contributed by atoms with E-state index in [0.717, 1.165) is 25.9 Å². The molecule has 104 valence electrons. The standard InChI is InChI=1S/C14H22N4O/c1-10(18-6-2-5-16-18)14(19)17-8-11-3-4-13(15)7-12(11)9-17/h2,5-6,10-13H,3-4,7-9,15H2,1H3/t10?,11-,12+,13?/m1/s1. The first-order chi connectivity index (χ1) is 9.15. The fourth-order valence-electron chi connectivity index (χ4n) is 3.53. The van der Waals surface area contributed by atoms with E-state index in [0.29, 0.717) is 17.9 Å². The summed E-state index contributed by atoms with van der Waals surface area (Å²) in [5, 5.41) is 4.16. The number of amides is 1. The van der Waals surface area contributed by atoms with Crippen molar-refractivity contribution in [2.24, 2.45) is 17.6 Å². The summed E-state index contributed by atoms with van der Waals surface area (Å²) < 4.78 is 1.73. The summed E-state index contributed by atoms with van der Waals surface area (Å²) in [5.41, 5.74) is 6.03. The maximum absolute atomic E-state index is 12.5. The van der Waals surface area contributed by atoms with Gasteiger partial charge in [0.25, 0.3) is 0 Å². The number of likely N-dealkylation sites (tertiary alicyclic amines) is 1. The number of carbonyl (C=O) groups is 1. The van der Waals surface area contributed by atoms with Crippen molar-refractivity contribution in [1.82, 2.24) is 14.7 Å². The monoisotopic (exact) mass is 262 g/mol. The quantitative estimate of drug-likeness (QED) is 0.866.